The Bertz CT molecular complexity index is 876. The van der Waals surface area contributed by atoms with Gasteiger partial charge in [-0.15, -0.1) is 0 Å². The second-order valence-corrected chi connectivity index (χ2v) is 8.17. The quantitative estimate of drug-likeness (QED) is 0.812. The normalized spacial score (nSPS) is 25.7. The predicted molar refractivity (Wildman–Crippen MR) is 101 cm³/mol. The predicted octanol–water partition coefficient (Wildman–Crippen LogP) is 4.14. The molecule has 28 heavy (non-hydrogen) atoms. The largest absolute Gasteiger partial charge is 0.486 e. The zero-order chi connectivity index (χ0) is 19.1. The fourth-order valence-electron chi connectivity index (χ4n) is 4.99. The zero-order valence-corrected chi connectivity index (χ0v) is 16.0. The molecular weight excluding hydrogens is 358 g/mol. The third-order valence-electron chi connectivity index (χ3n) is 6.40. The molecule has 2 fully saturated rings. The maximum Gasteiger partial charge on any atom is 0.287 e. The standard InChI is InChI=1S/C22H25NO5/c1-13(18-9-14-2-3-15(18)8-14)23-22(24)20-7-5-17(28-20)11-25-16-4-6-19-21(10-16)27-12-26-19/h4-7,10,13-15,18H,2-3,8-9,11-12H2,1H3,(H,23,24). The summed E-state index contributed by atoms with van der Waals surface area (Å²) in [4.78, 5) is 12.6. The maximum atomic E-state index is 12.6. The highest BCUT2D eigenvalue weighted by molar-refractivity contribution is 5.91. The molecule has 1 N–H and O–H groups in total. The highest BCUT2D eigenvalue weighted by Crippen LogP contribution is 2.49. The molecule has 5 rings (SSSR count). The van der Waals surface area contributed by atoms with E-state index in [0.29, 0.717) is 34.7 Å². The van der Waals surface area contributed by atoms with Crippen molar-refractivity contribution >= 4 is 5.91 Å². The van der Waals surface area contributed by atoms with Crippen LogP contribution in [0.2, 0.25) is 0 Å². The van der Waals surface area contributed by atoms with E-state index in [0.717, 1.165) is 11.8 Å². The lowest BCUT2D eigenvalue weighted by Gasteiger charge is -2.28. The van der Waals surface area contributed by atoms with Gasteiger partial charge < -0.3 is 23.9 Å². The van der Waals surface area contributed by atoms with Crippen molar-refractivity contribution in [2.45, 2.75) is 45.3 Å². The summed E-state index contributed by atoms with van der Waals surface area (Å²) in [6, 6.07) is 9.10. The smallest absolute Gasteiger partial charge is 0.287 e. The van der Waals surface area contributed by atoms with Crippen molar-refractivity contribution in [2.24, 2.45) is 17.8 Å². The number of carbonyl (C=O) groups excluding carboxylic acids is 1. The molecule has 0 radical (unpaired) electrons. The summed E-state index contributed by atoms with van der Waals surface area (Å²) < 4.78 is 22.1. The molecule has 2 aliphatic carbocycles. The van der Waals surface area contributed by atoms with E-state index in [1.807, 2.05) is 12.1 Å². The van der Waals surface area contributed by atoms with Crippen molar-refractivity contribution < 1.29 is 23.4 Å². The van der Waals surface area contributed by atoms with Gasteiger partial charge in [0.2, 0.25) is 6.79 Å². The van der Waals surface area contributed by atoms with E-state index in [1.165, 1.54) is 25.7 Å². The lowest BCUT2D eigenvalue weighted by Crippen LogP contribution is -2.40. The number of amides is 1. The van der Waals surface area contributed by atoms with Crippen molar-refractivity contribution in [3.63, 3.8) is 0 Å². The molecule has 6 nitrogen and oxygen atoms in total. The van der Waals surface area contributed by atoms with Gasteiger partial charge in [0.15, 0.2) is 17.3 Å². The molecule has 6 heteroatoms. The van der Waals surface area contributed by atoms with Gasteiger partial charge in [0.25, 0.3) is 5.91 Å². The Hall–Kier alpha value is -2.63. The van der Waals surface area contributed by atoms with Gasteiger partial charge in [-0.05, 0) is 68.2 Å². The summed E-state index contributed by atoms with van der Waals surface area (Å²) in [5.41, 5.74) is 0. The molecule has 0 saturated heterocycles. The summed E-state index contributed by atoms with van der Waals surface area (Å²) in [5, 5.41) is 3.13. The van der Waals surface area contributed by atoms with Gasteiger partial charge in [-0.1, -0.05) is 6.42 Å². The summed E-state index contributed by atoms with van der Waals surface area (Å²) in [6.07, 6.45) is 5.27. The molecule has 1 aromatic carbocycles. The van der Waals surface area contributed by atoms with Gasteiger partial charge in [-0.3, -0.25) is 4.79 Å². The Morgan fingerprint density at radius 1 is 1.18 bits per heavy atom. The van der Waals surface area contributed by atoms with Crippen LogP contribution in [0.5, 0.6) is 17.2 Å². The highest BCUT2D eigenvalue weighted by Gasteiger charge is 2.42. The lowest BCUT2D eigenvalue weighted by atomic mass is 9.84. The number of hydrogen-bond donors (Lipinski definition) is 1. The molecule has 1 aliphatic heterocycles. The minimum absolute atomic E-state index is 0.149. The Labute approximate surface area is 164 Å². The van der Waals surface area contributed by atoms with Crippen LogP contribution in [0.15, 0.2) is 34.7 Å². The van der Waals surface area contributed by atoms with Crippen LogP contribution in [0.25, 0.3) is 0 Å². The van der Waals surface area contributed by atoms with E-state index in [4.69, 9.17) is 18.6 Å². The molecule has 4 atom stereocenters. The van der Waals surface area contributed by atoms with Crippen LogP contribution < -0.4 is 19.5 Å². The van der Waals surface area contributed by atoms with Gasteiger partial charge in [-0.25, -0.2) is 0 Å². The molecule has 2 heterocycles. The summed E-state index contributed by atoms with van der Waals surface area (Å²) in [6.45, 7) is 2.60. The molecule has 2 saturated carbocycles. The number of carbonyl (C=O) groups is 1. The monoisotopic (exact) mass is 383 g/mol. The van der Waals surface area contributed by atoms with E-state index in [9.17, 15) is 4.79 Å². The number of ether oxygens (including phenoxy) is 3. The van der Waals surface area contributed by atoms with Crippen molar-refractivity contribution in [1.29, 1.82) is 0 Å². The van der Waals surface area contributed by atoms with Crippen LogP contribution >= 0.6 is 0 Å². The Kier molecular flexibility index (Phi) is 4.41. The number of nitrogens with one attached hydrogen (secondary N) is 1. The molecule has 1 aromatic heterocycles. The average Bonchev–Trinajstić information content (AvgIpc) is 3.50. The summed E-state index contributed by atoms with van der Waals surface area (Å²) in [5.74, 6) is 5.10. The molecule has 3 aliphatic rings. The van der Waals surface area contributed by atoms with E-state index in [2.05, 4.69) is 12.2 Å². The Morgan fingerprint density at radius 2 is 2.07 bits per heavy atom. The molecule has 0 spiro atoms. The van der Waals surface area contributed by atoms with Crippen LogP contribution in [0, 0.1) is 17.8 Å². The SMILES string of the molecule is CC(NC(=O)c1ccc(COc2ccc3c(c2)OCO3)o1)C1CC2CCC1C2. The molecule has 2 aromatic rings. The van der Waals surface area contributed by atoms with Crippen molar-refractivity contribution in [2.75, 3.05) is 6.79 Å². The van der Waals surface area contributed by atoms with Crippen LogP contribution in [-0.2, 0) is 6.61 Å². The van der Waals surface area contributed by atoms with Gasteiger partial charge in [-0.2, -0.15) is 0 Å². The first-order valence-corrected chi connectivity index (χ1v) is 10.1. The Balaban J connectivity index is 1.16. The lowest BCUT2D eigenvalue weighted by molar-refractivity contribution is 0.0883. The second-order valence-electron chi connectivity index (χ2n) is 8.17. The minimum atomic E-state index is -0.149. The average molecular weight is 383 g/mol. The van der Waals surface area contributed by atoms with E-state index < -0.39 is 0 Å². The highest BCUT2D eigenvalue weighted by atomic mass is 16.7. The van der Waals surface area contributed by atoms with Gasteiger partial charge in [0.05, 0.1) is 0 Å². The first-order valence-electron chi connectivity index (χ1n) is 10.1. The second kappa shape index (κ2) is 7.08. The number of benzene rings is 1. The number of rotatable bonds is 6. The van der Waals surface area contributed by atoms with Gasteiger partial charge in [0.1, 0.15) is 18.1 Å². The summed E-state index contributed by atoms with van der Waals surface area (Å²) >= 11 is 0. The summed E-state index contributed by atoms with van der Waals surface area (Å²) in [7, 11) is 0. The van der Waals surface area contributed by atoms with Crippen molar-refractivity contribution in [3.05, 3.63) is 41.9 Å². The molecule has 2 bridgehead atoms. The molecule has 148 valence electrons. The number of hydrogen-bond acceptors (Lipinski definition) is 5. The first-order chi connectivity index (χ1) is 13.7. The van der Waals surface area contributed by atoms with Gasteiger partial charge >= 0.3 is 0 Å². The van der Waals surface area contributed by atoms with Crippen LogP contribution in [0.1, 0.15) is 48.9 Å². The van der Waals surface area contributed by atoms with Crippen LogP contribution in [-0.4, -0.2) is 18.7 Å². The first kappa shape index (κ1) is 17.5. The molecule has 4 unspecified atom stereocenters. The van der Waals surface area contributed by atoms with Crippen LogP contribution in [0.3, 0.4) is 0 Å². The van der Waals surface area contributed by atoms with Crippen LogP contribution in [0.4, 0.5) is 0 Å². The minimum Gasteiger partial charge on any atom is -0.486 e. The third kappa shape index (κ3) is 3.32. The Morgan fingerprint density at radius 3 is 2.89 bits per heavy atom. The number of furan rings is 1. The fraction of sp³-hybridized carbons (Fsp3) is 0.500. The molecular formula is C22H25NO5. The van der Waals surface area contributed by atoms with E-state index in [-0.39, 0.29) is 25.3 Å². The van der Waals surface area contributed by atoms with Crippen molar-refractivity contribution in [1.82, 2.24) is 5.32 Å². The van der Waals surface area contributed by atoms with E-state index in [1.54, 1.807) is 18.2 Å². The van der Waals surface area contributed by atoms with E-state index >= 15 is 0 Å². The van der Waals surface area contributed by atoms with Crippen molar-refractivity contribution in [3.8, 4) is 17.2 Å². The topological polar surface area (TPSA) is 69.9 Å². The maximum absolute atomic E-state index is 12.6. The number of fused-ring (bicyclic) bond motifs is 3. The fourth-order valence-corrected chi connectivity index (χ4v) is 4.99. The zero-order valence-electron chi connectivity index (χ0n) is 16.0. The third-order valence-corrected chi connectivity index (χ3v) is 6.40. The van der Waals surface area contributed by atoms with Gasteiger partial charge in [0, 0.05) is 12.1 Å². The molecule has 1 amide bonds.